The summed E-state index contributed by atoms with van der Waals surface area (Å²) in [4.78, 5) is 0. The van der Waals surface area contributed by atoms with E-state index in [1.807, 2.05) is 6.08 Å². The molecule has 0 amide bonds. The van der Waals surface area contributed by atoms with Crippen LogP contribution in [0, 0.1) is 5.92 Å². The molecular weight excluding hydrogens is 210 g/mol. The van der Waals surface area contributed by atoms with E-state index in [1.54, 1.807) is 0 Å². The second kappa shape index (κ2) is 5.66. The van der Waals surface area contributed by atoms with Gasteiger partial charge in [0.05, 0.1) is 11.5 Å². The molecule has 0 radical (unpaired) electrons. The minimum Gasteiger partial charge on any atom is -0.314 e. The van der Waals surface area contributed by atoms with Gasteiger partial charge in [0.2, 0.25) is 0 Å². The van der Waals surface area contributed by atoms with Crippen LogP contribution in [0.2, 0.25) is 0 Å². The third kappa shape index (κ3) is 4.80. The molecule has 2 atom stereocenters. The fourth-order valence-electron chi connectivity index (χ4n) is 1.87. The number of sulfone groups is 1. The highest BCUT2D eigenvalue weighted by Gasteiger charge is 2.27. The van der Waals surface area contributed by atoms with Crippen molar-refractivity contribution in [3.8, 4) is 0 Å². The Balaban J connectivity index is 2.18. The van der Waals surface area contributed by atoms with Gasteiger partial charge in [0.1, 0.15) is 0 Å². The van der Waals surface area contributed by atoms with E-state index in [9.17, 15) is 8.42 Å². The van der Waals surface area contributed by atoms with Crippen LogP contribution < -0.4 is 5.32 Å². The molecule has 0 saturated carbocycles. The maximum Gasteiger partial charge on any atom is 0.150 e. The van der Waals surface area contributed by atoms with Gasteiger partial charge in [-0.25, -0.2) is 8.42 Å². The van der Waals surface area contributed by atoms with Gasteiger partial charge >= 0.3 is 0 Å². The molecule has 1 N–H and O–H groups in total. The monoisotopic (exact) mass is 231 g/mol. The van der Waals surface area contributed by atoms with Crippen LogP contribution in [0.15, 0.2) is 12.7 Å². The molecule has 1 saturated heterocycles. The lowest BCUT2D eigenvalue weighted by atomic mass is 10.1. The first-order chi connectivity index (χ1) is 7.03. The fraction of sp³-hybridized carbons (Fsp3) is 0.818. The van der Waals surface area contributed by atoms with Crippen LogP contribution in [-0.2, 0) is 9.84 Å². The molecule has 1 fully saturated rings. The summed E-state index contributed by atoms with van der Waals surface area (Å²) in [5.41, 5.74) is 0. The van der Waals surface area contributed by atoms with Crippen LogP contribution in [0.3, 0.4) is 0 Å². The van der Waals surface area contributed by atoms with Crippen LogP contribution >= 0.6 is 0 Å². The number of hydrogen-bond donors (Lipinski definition) is 1. The summed E-state index contributed by atoms with van der Waals surface area (Å²) in [5.74, 6) is 1.07. The lowest BCUT2D eigenvalue weighted by Crippen LogP contribution is -2.31. The van der Waals surface area contributed by atoms with Crippen LogP contribution in [0.25, 0.3) is 0 Å². The lowest BCUT2D eigenvalue weighted by molar-refractivity contribution is 0.452. The molecule has 1 rings (SSSR count). The topological polar surface area (TPSA) is 46.2 Å². The molecule has 0 bridgehead atoms. The second-order valence-corrected chi connectivity index (χ2v) is 6.67. The maximum absolute atomic E-state index is 11.2. The van der Waals surface area contributed by atoms with Crippen LogP contribution in [0.4, 0.5) is 0 Å². The number of allylic oxidation sites excluding steroid dienone is 1. The quantitative estimate of drug-likeness (QED) is 0.702. The van der Waals surface area contributed by atoms with Crippen molar-refractivity contribution in [1.82, 2.24) is 5.32 Å². The molecular formula is C11H21NO2S. The Morgan fingerprint density at radius 1 is 1.60 bits per heavy atom. The van der Waals surface area contributed by atoms with E-state index in [0.29, 0.717) is 23.5 Å². The predicted octanol–water partition coefficient (Wildman–Crippen LogP) is 1.37. The molecule has 2 unspecified atom stereocenters. The zero-order valence-electron chi connectivity index (χ0n) is 9.41. The van der Waals surface area contributed by atoms with Gasteiger partial charge in [-0.1, -0.05) is 6.08 Å². The average Bonchev–Trinajstić information content (AvgIpc) is 2.52. The number of nitrogens with one attached hydrogen (secondary N) is 1. The third-order valence-electron chi connectivity index (χ3n) is 2.89. The second-order valence-electron chi connectivity index (χ2n) is 4.44. The molecule has 88 valence electrons. The third-order valence-corrected chi connectivity index (χ3v) is 4.72. The zero-order chi connectivity index (χ0) is 11.3. The van der Waals surface area contributed by atoms with Crippen molar-refractivity contribution in [3.05, 3.63) is 12.7 Å². The minimum absolute atomic E-state index is 0.321. The van der Waals surface area contributed by atoms with Gasteiger partial charge in [-0.3, -0.25) is 0 Å². The Kier molecular flexibility index (Phi) is 4.80. The Labute approximate surface area is 92.9 Å². The van der Waals surface area contributed by atoms with Crippen LogP contribution in [0.1, 0.15) is 26.2 Å². The normalized spacial score (nSPS) is 26.3. The summed E-state index contributed by atoms with van der Waals surface area (Å²) in [7, 11) is -2.72. The van der Waals surface area contributed by atoms with Gasteiger partial charge in [0.15, 0.2) is 9.84 Å². The first kappa shape index (κ1) is 12.7. The largest absolute Gasteiger partial charge is 0.314 e. The zero-order valence-corrected chi connectivity index (χ0v) is 10.2. The highest BCUT2D eigenvalue weighted by Crippen LogP contribution is 2.17. The summed E-state index contributed by atoms with van der Waals surface area (Å²) < 4.78 is 22.4. The van der Waals surface area contributed by atoms with Crippen molar-refractivity contribution in [1.29, 1.82) is 0 Å². The van der Waals surface area contributed by atoms with Crippen molar-refractivity contribution in [2.75, 3.05) is 18.1 Å². The molecule has 1 aliphatic rings. The molecule has 1 heterocycles. The standard InChI is InChI=1S/C11H21NO2S/c1-3-4-5-10(2)12-8-11-6-7-15(13,14)9-11/h3,10-12H,1,4-9H2,2H3. The summed E-state index contributed by atoms with van der Waals surface area (Å²) in [5, 5.41) is 3.38. The highest BCUT2D eigenvalue weighted by atomic mass is 32.2. The number of hydrogen-bond acceptors (Lipinski definition) is 3. The summed E-state index contributed by atoms with van der Waals surface area (Å²) in [6, 6.07) is 0.450. The van der Waals surface area contributed by atoms with Gasteiger partial charge in [-0.05, 0) is 38.6 Å². The van der Waals surface area contributed by atoms with Gasteiger partial charge < -0.3 is 5.32 Å². The first-order valence-corrected chi connectivity index (χ1v) is 7.40. The van der Waals surface area contributed by atoms with E-state index in [4.69, 9.17) is 0 Å². The van der Waals surface area contributed by atoms with Gasteiger partial charge in [0.25, 0.3) is 0 Å². The smallest absolute Gasteiger partial charge is 0.150 e. The Bertz CT molecular complexity index is 298. The lowest BCUT2D eigenvalue weighted by Gasteiger charge is -2.15. The Hall–Kier alpha value is -0.350. The van der Waals surface area contributed by atoms with Crippen molar-refractivity contribution in [3.63, 3.8) is 0 Å². The first-order valence-electron chi connectivity index (χ1n) is 5.58. The van der Waals surface area contributed by atoms with E-state index in [2.05, 4.69) is 18.8 Å². The molecule has 0 aromatic heterocycles. The van der Waals surface area contributed by atoms with Crippen LogP contribution in [0.5, 0.6) is 0 Å². The minimum atomic E-state index is -2.72. The molecule has 3 nitrogen and oxygen atoms in total. The molecule has 0 aromatic rings. The van der Waals surface area contributed by atoms with Crippen LogP contribution in [-0.4, -0.2) is 32.5 Å². The molecule has 4 heteroatoms. The van der Waals surface area contributed by atoms with Gasteiger partial charge in [0, 0.05) is 6.04 Å². The van der Waals surface area contributed by atoms with E-state index >= 15 is 0 Å². The van der Waals surface area contributed by atoms with Crippen molar-refractivity contribution in [2.24, 2.45) is 5.92 Å². The maximum atomic E-state index is 11.2. The molecule has 0 spiro atoms. The van der Waals surface area contributed by atoms with E-state index in [-0.39, 0.29) is 0 Å². The predicted molar refractivity (Wildman–Crippen MR) is 63.7 cm³/mol. The van der Waals surface area contributed by atoms with E-state index < -0.39 is 9.84 Å². The molecule has 0 aromatic carbocycles. The van der Waals surface area contributed by atoms with E-state index in [1.165, 1.54) is 0 Å². The van der Waals surface area contributed by atoms with Crippen molar-refractivity contribution < 1.29 is 8.42 Å². The molecule has 15 heavy (non-hydrogen) atoms. The average molecular weight is 231 g/mol. The van der Waals surface area contributed by atoms with E-state index in [0.717, 1.165) is 25.8 Å². The van der Waals surface area contributed by atoms with Crippen molar-refractivity contribution in [2.45, 2.75) is 32.2 Å². The SMILES string of the molecule is C=CCCC(C)NCC1CCS(=O)(=O)C1. The Morgan fingerprint density at radius 2 is 2.33 bits per heavy atom. The van der Waals surface area contributed by atoms with Gasteiger partial charge in [-0.15, -0.1) is 6.58 Å². The summed E-state index contributed by atoms with van der Waals surface area (Å²) in [6.45, 7) is 6.64. The molecule has 1 aliphatic heterocycles. The highest BCUT2D eigenvalue weighted by molar-refractivity contribution is 7.91. The summed E-state index contributed by atoms with van der Waals surface area (Å²) >= 11 is 0. The molecule has 0 aliphatic carbocycles. The van der Waals surface area contributed by atoms with Gasteiger partial charge in [-0.2, -0.15) is 0 Å². The Morgan fingerprint density at radius 3 is 2.87 bits per heavy atom. The fourth-order valence-corrected chi connectivity index (χ4v) is 3.73. The number of rotatable bonds is 6. The summed E-state index contributed by atoms with van der Waals surface area (Å²) in [6.07, 6.45) is 4.82. The van der Waals surface area contributed by atoms with Crippen molar-refractivity contribution >= 4 is 9.84 Å².